The lowest BCUT2D eigenvalue weighted by Gasteiger charge is -2.19. The summed E-state index contributed by atoms with van der Waals surface area (Å²) in [5, 5.41) is 2.11. The molecular formula is C17H28N2O5S. The van der Waals surface area contributed by atoms with Crippen molar-refractivity contribution in [2.45, 2.75) is 51.9 Å². The lowest BCUT2D eigenvalue weighted by atomic mass is 10.2. The van der Waals surface area contributed by atoms with Crippen LogP contribution in [0.25, 0.3) is 0 Å². The molecule has 0 aliphatic rings. The van der Waals surface area contributed by atoms with Crippen LogP contribution in [-0.4, -0.2) is 38.5 Å². The molecule has 1 unspecified atom stereocenters. The van der Waals surface area contributed by atoms with Crippen LogP contribution in [0.1, 0.15) is 41.0 Å². The number of carbonyl (C=O) groups is 1. The molecule has 1 amide bonds. The molecule has 0 spiro atoms. The normalized spacial score (nSPS) is 13.0. The van der Waals surface area contributed by atoms with Gasteiger partial charge >= 0.3 is 6.09 Å². The maximum absolute atomic E-state index is 12.1. The van der Waals surface area contributed by atoms with Crippen LogP contribution < -0.4 is 14.8 Å². The Bertz CT molecular complexity index is 668. The van der Waals surface area contributed by atoms with Gasteiger partial charge in [-0.2, -0.15) is 0 Å². The second kappa shape index (κ2) is 8.94. The molecule has 1 aromatic rings. The summed E-state index contributed by atoms with van der Waals surface area (Å²) in [5.41, 5.74) is -0.107. The summed E-state index contributed by atoms with van der Waals surface area (Å²) < 4.78 is 37.3. The summed E-state index contributed by atoms with van der Waals surface area (Å²) in [6.45, 7) is 9.35. The Balaban J connectivity index is 2.50. The number of rotatable bonds is 8. The summed E-state index contributed by atoms with van der Waals surface area (Å²) in [6, 6.07) is 6.68. The molecule has 25 heavy (non-hydrogen) atoms. The number of hydrogen-bond acceptors (Lipinski definition) is 5. The van der Waals surface area contributed by atoms with Crippen molar-refractivity contribution in [1.82, 2.24) is 5.32 Å². The van der Waals surface area contributed by atoms with Crippen LogP contribution in [-0.2, 0) is 14.8 Å². The fourth-order valence-electron chi connectivity index (χ4n) is 1.77. The summed E-state index contributed by atoms with van der Waals surface area (Å²) in [5.74, 6) is 0.510. The van der Waals surface area contributed by atoms with Gasteiger partial charge in [0.15, 0.2) is 0 Å². The first-order valence-electron chi connectivity index (χ1n) is 8.25. The topological polar surface area (TPSA) is 93.7 Å². The van der Waals surface area contributed by atoms with Gasteiger partial charge in [-0.1, -0.05) is 13.0 Å². The fourth-order valence-corrected chi connectivity index (χ4v) is 2.87. The molecular weight excluding hydrogens is 344 g/mol. The third-order valence-electron chi connectivity index (χ3n) is 3.24. The van der Waals surface area contributed by atoms with Crippen LogP contribution in [0.5, 0.6) is 5.75 Å². The Morgan fingerprint density at radius 1 is 1.28 bits per heavy atom. The van der Waals surface area contributed by atoms with E-state index in [1.54, 1.807) is 52.0 Å². The van der Waals surface area contributed by atoms with E-state index in [9.17, 15) is 13.2 Å². The standard InChI is InChI=1S/C17H28N2O5S/c1-6-13(2)25(21,22)19-14-8-7-9-15(12-14)23-11-10-18-16(20)24-17(3,4)5/h7-9,12-13,19H,6,10-11H2,1-5H3,(H,18,20). The summed E-state index contributed by atoms with van der Waals surface area (Å²) in [4.78, 5) is 11.5. The molecule has 2 N–H and O–H groups in total. The number of benzene rings is 1. The number of hydrogen-bond donors (Lipinski definition) is 2. The van der Waals surface area contributed by atoms with Crippen LogP contribution in [0, 0.1) is 0 Å². The molecule has 0 aliphatic heterocycles. The van der Waals surface area contributed by atoms with Gasteiger partial charge in [-0.05, 0) is 46.2 Å². The summed E-state index contributed by atoms with van der Waals surface area (Å²) in [6.07, 6.45) is 0.0214. The molecule has 1 atom stereocenters. The Kier molecular flexibility index (Phi) is 7.54. The quantitative estimate of drug-likeness (QED) is 0.684. The fraction of sp³-hybridized carbons (Fsp3) is 0.588. The average molecular weight is 372 g/mol. The molecule has 0 aliphatic carbocycles. The first-order valence-corrected chi connectivity index (χ1v) is 9.79. The van der Waals surface area contributed by atoms with Gasteiger partial charge in [0.2, 0.25) is 10.0 Å². The first-order chi connectivity index (χ1) is 11.5. The molecule has 0 heterocycles. The first kappa shape index (κ1) is 21.1. The van der Waals surface area contributed by atoms with Crippen molar-refractivity contribution in [1.29, 1.82) is 0 Å². The number of anilines is 1. The van der Waals surface area contributed by atoms with E-state index < -0.39 is 27.0 Å². The van der Waals surface area contributed by atoms with E-state index in [0.29, 0.717) is 17.9 Å². The van der Waals surface area contributed by atoms with Gasteiger partial charge in [0, 0.05) is 6.07 Å². The largest absolute Gasteiger partial charge is 0.492 e. The lowest BCUT2D eigenvalue weighted by molar-refractivity contribution is 0.0520. The monoisotopic (exact) mass is 372 g/mol. The molecule has 1 aromatic carbocycles. The molecule has 0 bridgehead atoms. The lowest BCUT2D eigenvalue weighted by Crippen LogP contribution is -2.34. The second-order valence-corrected chi connectivity index (χ2v) is 8.77. The maximum Gasteiger partial charge on any atom is 0.407 e. The number of sulfonamides is 1. The SMILES string of the molecule is CCC(C)S(=O)(=O)Nc1cccc(OCCNC(=O)OC(C)(C)C)c1. The number of ether oxygens (including phenoxy) is 2. The third kappa shape index (κ3) is 8.11. The number of amides is 1. The predicted molar refractivity (Wildman–Crippen MR) is 98.5 cm³/mol. The number of carbonyl (C=O) groups excluding carboxylic acids is 1. The molecule has 0 fully saturated rings. The molecule has 8 heteroatoms. The van der Waals surface area contributed by atoms with Crippen molar-refractivity contribution in [2.24, 2.45) is 0 Å². The molecule has 1 rings (SSSR count). The maximum atomic E-state index is 12.1. The minimum Gasteiger partial charge on any atom is -0.492 e. The molecule has 7 nitrogen and oxygen atoms in total. The molecule has 0 aromatic heterocycles. The van der Waals surface area contributed by atoms with E-state index in [4.69, 9.17) is 9.47 Å². The zero-order valence-corrected chi connectivity index (χ0v) is 16.3. The van der Waals surface area contributed by atoms with Gasteiger partial charge < -0.3 is 14.8 Å². The van der Waals surface area contributed by atoms with Gasteiger partial charge in [0.25, 0.3) is 0 Å². The Labute approximate surface area is 150 Å². The Morgan fingerprint density at radius 3 is 2.56 bits per heavy atom. The van der Waals surface area contributed by atoms with Crippen LogP contribution in [0.2, 0.25) is 0 Å². The van der Waals surface area contributed by atoms with Crippen molar-refractivity contribution in [2.75, 3.05) is 17.9 Å². The van der Waals surface area contributed by atoms with Crippen molar-refractivity contribution < 1.29 is 22.7 Å². The predicted octanol–water partition coefficient (Wildman–Crippen LogP) is 3.13. The molecule has 0 saturated heterocycles. The van der Waals surface area contributed by atoms with Crippen molar-refractivity contribution in [3.8, 4) is 5.75 Å². The van der Waals surface area contributed by atoms with Gasteiger partial charge in [0.1, 0.15) is 18.0 Å². The van der Waals surface area contributed by atoms with Gasteiger partial charge in [-0.25, -0.2) is 13.2 Å². The van der Waals surface area contributed by atoms with Crippen molar-refractivity contribution >= 4 is 21.8 Å². The Morgan fingerprint density at radius 2 is 1.96 bits per heavy atom. The van der Waals surface area contributed by atoms with E-state index in [1.165, 1.54) is 0 Å². The van der Waals surface area contributed by atoms with Crippen molar-refractivity contribution in [3.05, 3.63) is 24.3 Å². The smallest absolute Gasteiger partial charge is 0.407 e. The van der Waals surface area contributed by atoms with Crippen molar-refractivity contribution in [3.63, 3.8) is 0 Å². The minimum absolute atomic E-state index is 0.237. The zero-order valence-electron chi connectivity index (χ0n) is 15.5. The van der Waals surface area contributed by atoms with Gasteiger partial charge in [-0.3, -0.25) is 4.72 Å². The highest BCUT2D eigenvalue weighted by atomic mass is 32.2. The number of alkyl carbamates (subject to hydrolysis) is 1. The highest BCUT2D eigenvalue weighted by Gasteiger charge is 2.18. The van der Waals surface area contributed by atoms with E-state index >= 15 is 0 Å². The molecule has 0 saturated carbocycles. The number of nitrogens with one attached hydrogen (secondary N) is 2. The summed E-state index contributed by atoms with van der Waals surface area (Å²) >= 11 is 0. The second-order valence-electron chi connectivity index (χ2n) is 6.67. The van der Waals surface area contributed by atoms with E-state index in [1.807, 2.05) is 6.92 Å². The van der Waals surface area contributed by atoms with Gasteiger partial charge in [-0.15, -0.1) is 0 Å². The summed E-state index contributed by atoms with van der Waals surface area (Å²) in [7, 11) is -3.41. The highest BCUT2D eigenvalue weighted by molar-refractivity contribution is 7.93. The minimum atomic E-state index is -3.41. The van der Waals surface area contributed by atoms with Crippen LogP contribution in [0.4, 0.5) is 10.5 Å². The van der Waals surface area contributed by atoms with Crippen LogP contribution in [0.3, 0.4) is 0 Å². The molecule has 0 radical (unpaired) electrons. The van der Waals surface area contributed by atoms with E-state index in [0.717, 1.165) is 0 Å². The Hall–Kier alpha value is -1.96. The highest BCUT2D eigenvalue weighted by Crippen LogP contribution is 2.20. The third-order valence-corrected chi connectivity index (χ3v) is 5.15. The zero-order chi connectivity index (χ0) is 19.1. The van der Waals surface area contributed by atoms with Gasteiger partial charge in [0.05, 0.1) is 17.5 Å². The molecule has 142 valence electrons. The van der Waals surface area contributed by atoms with Crippen LogP contribution >= 0.6 is 0 Å². The van der Waals surface area contributed by atoms with Crippen LogP contribution in [0.15, 0.2) is 24.3 Å². The average Bonchev–Trinajstić information content (AvgIpc) is 2.49. The van der Waals surface area contributed by atoms with E-state index in [2.05, 4.69) is 10.0 Å². The van der Waals surface area contributed by atoms with E-state index in [-0.39, 0.29) is 13.2 Å².